The number of rotatable bonds is 3. The summed E-state index contributed by atoms with van der Waals surface area (Å²) in [5.41, 5.74) is 0.0294. The van der Waals surface area contributed by atoms with Crippen molar-refractivity contribution < 1.29 is 22.0 Å². The Balaban J connectivity index is 0.00000220. The Morgan fingerprint density at radius 1 is 1.00 bits per heavy atom. The molecule has 9 heteroatoms. The summed E-state index contributed by atoms with van der Waals surface area (Å²) in [6.45, 7) is 1.95. The maximum atomic E-state index is 13.2. The van der Waals surface area contributed by atoms with Gasteiger partial charge in [0.15, 0.2) is 0 Å². The molecule has 22 heavy (non-hydrogen) atoms. The van der Waals surface area contributed by atoms with Gasteiger partial charge >= 0.3 is 6.18 Å². The van der Waals surface area contributed by atoms with Crippen LogP contribution < -0.4 is 5.32 Å². The summed E-state index contributed by atoms with van der Waals surface area (Å²) in [4.78, 5) is 1.61. The van der Waals surface area contributed by atoms with Crippen LogP contribution in [0.5, 0.6) is 0 Å². The van der Waals surface area contributed by atoms with E-state index in [1.807, 2.05) is 0 Å². The molecule has 1 atom stereocenters. The highest BCUT2D eigenvalue weighted by molar-refractivity contribution is 5.85. The Labute approximate surface area is 137 Å². The van der Waals surface area contributed by atoms with Gasteiger partial charge in [0.25, 0.3) is 0 Å². The van der Waals surface area contributed by atoms with Gasteiger partial charge in [-0.05, 0) is 17.7 Å². The van der Waals surface area contributed by atoms with Crippen molar-refractivity contribution in [3.05, 3.63) is 35.4 Å². The number of hydrogen-bond acceptors (Lipinski definition) is 2. The first-order chi connectivity index (χ1) is 9.35. The van der Waals surface area contributed by atoms with Crippen molar-refractivity contribution in [2.45, 2.75) is 18.6 Å². The Morgan fingerprint density at radius 2 is 1.50 bits per heavy atom. The maximum absolute atomic E-state index is 13.2. The molecule has 0 spiro atoms. The largest absolute Gasteiger partial charge is 0.390 e. The number of nitrogens with one attached hydrogen (secondary N) is 1. The van der Waals surface area contributed by atoms with Gasteiger partial charge in [0.05, 0.1) is 6.42 Å². The number of nitrogens with zero attached hydrogens (tertiary/aromatic N) is 1. The van der Waals surface area contributed by atoms with Crippen molar-refractivity contribution in [2.24, 2.45) is 0 Å². The lowest BCUT2D eigenvalue weighted by Crippen LogP contribution is -2.46. The molecule has 1 saturated heterocycles. The van der Waals surface area contributed by atoms with Crippen molar-refractivity contribution in [2.75, 3.05) is 26.2 Å². The molecule has 0 radical (unpaired) electrons. The third-order valence-corrected chi connectivity index (χ3v) is 3.29. The van der Waals surface area contributed by atoms with Crippen LogP contribution in [0.25, 0.3) is 0 Å². The highest BCUT2D eigenvalue weighted by Gasteiger charge is 2.36. The van der Waals surface area contributed by atoms with E-state index in [1.165, 1.54) is 0 Å². The van der Waals surface area contributed by atoms with E-state index in [0.717, 1.165) is 12.1 Å². The Bertz CT molecular complexity index is 444. The van der Waals surface area contributed by atoms with Gasteiger partial charge in [-0.1, -0.05) is 0 Å². The molecule has 1 heterocycles. The molecule has 1 aromatic carbocycles. The van der Waals surface area contributed by atoms with E-state index in [2.05, 4.69) is 5.32 Å². The van der Waals surface area contributed by atoms with Crippen molar-refractivity contribution >= 4 is 24.8 Å². The minimum atomic E-state index is -4.39. The third kappa shape index (κ3) is 6.24. The summed E-state index contributed by atoms with van der Waals surface area (Å²) in [5, 5.41) is 3.04. The van der Waals surface area contributed by atoms with Crippen LogP contribution >= 0.6 is 24.8 Å². The number of hydrogen-bond donors (Lipinski definition) is 1. The molecule has 0 aliphatic carbocycles. The number of piperazine rings is 1. The molecule has 0 saturated carbocycles. The SMILES string of the molecule is Cl.Cl.Fc1cc(F)cc([C@@H](CC(F)(F)F)N2CCNCC2)c1. The van der Waals surface area contributed by atoms with Gasteiger partial charge in [0.1, 0.15) is 11.6 Å². The predicted octanol–water partition coefficient (Wildman–Crippen LogP) is 3.71. The minimum Gasteiger partial charge on any atom is -0.314 e. The van der Waals surface area contributed by atoms with Gasteiger partial charge in [-0.25, -0.2) is 8.78 Å². The number of benzene rings is 1. The Hall–Kier alpha value is -0.630. The molecule has 0 unspecified atom stereocenters. The van der Waals surface area contributed by atoms with Crippen LogP contribution in [0.1, 0.15) is 18.0 Å². The minimum absolute atomic E-state index is 0. The number of alkyl halides is 3. The summed E-state index contributed by atoms with van der Waals surface area (Å²) >= 11 is 0. The molecule has 1 aromatic rings. The second-order valence-corrected chi connectivity index (χ2v) is 4.82. The highest BCUT2D eigenvalue weighted by Crippen LogP contribution is 2.34. The third-order valence-electron chi connectivity index (χ3n) is 3.29. The maximum Gasteiger partial charge on any atom is 0.390 e. The fraction of sp³-hybridized carbons (Fsp3) is 0.538. The second kappa shape index (κ2) is 8.86. The molecule has 2 nitrogen and oxygen atoms in total. The molecule has 1 fully saturated rings. The average molecular weight is 367 g/mol. The van der Waals surface area contributed by atoms with Crippen LogP contribution in [0.2, 0.25) is 0 Å². The van der Waals surface area contributed by atoms with Crippen LogP contribution in [0.3, 0.4) is 0 Å². The molecule has 1 aliphatic rings. The highest BCUT2D eigenvalue weighted by atomic mass is 35.5. The molecule has 1 N–H and O–H groups in total. The first-order valence-corrected chi connectivity index (χ1v) is 6.33. The lowest BCUT2D eigenvalue weighted by atomic mass is 10.0. The molecule has 0 aromatic heterocycles. The van der Waals surface area contributed by atoms with Crippen LogP contribution in [0, 0.1) is 11.6 Å². The zero-order valence-electron chi connectivity index (χ0n) is 11.5. The van der Waals surface area contributed by atoms with E-state index >= 15 is 0 Å². The quantitative estimate of drug-likeness (QED) is 0.820. The van der Waals surface area contributed by atoms with Crippen LogP contribution in [0.4, 0.5) is 22.0 Å². The predicted molar refractivity (Wildman–Crippen MR) is 78.7 cm³/mol. The van der Waals surface area contributed by atoms with E-state index in [0.29, 0.717) is 32.2 Å². The molecule has 128 valence electrons. The summed E-state index contributed by atoms with van der Waals surface area (Å²) in [6, 6.07) is 1.55. The van der Waals surface area contributed by atoms with E-state index in [4.69, 9.17) is 0 Å². The first kappa shape index (κ1) is 21.4. The monoisotopic (exact) mass is 366 g/mol. The van der Waals surface area contributed by atoms with E-state index in [1.54, 1.807) is 4.90 Å². The summed E-state index contributed by atoms with van der Waals surface area (Å²) in [7, 11) is 0. The lowest BCUT2D eigenvalue weighted by Gasteiger charge is -2.35. The standard InChI is InChI=1S/C13H15F5N2.2ClH/c14-10-5-9(6-11(15)7-10)12(8-13(16,17)18)20-3-1-19-2-4-20;;/h5-7,12,19H,1-4,8H2;2*1H/t12-;;/m1../s1. The van der Waals surface area contributed by atoms with Gasteiger partial charge in [0.2, 0.25) is 0 Å². The van der Waals surface area contributed by atoms with Crippen molar-refractivity contribution in [1.29, 1.82) is 0 Å². The molecular weight excluding hydrogens is 350 g/mol. The molecular formula is C13H17Cl2F5N2. The van der Waals surface area contributed by atoms with Gasteiger partial charge in [-0.2, -0.15) is 13.2 Å². The summed E-state index contributed by atoms with van der Waals surface area (Å²) < 4.78 is 64.6. The zero-order chi connectivity index (χ0) is 14.8. The lowest BCUT2D eigenvalue weighted by molar-refractivity contribution is -0.148. The van der Waals surface area contributed by atoms with Gasteiger partial charge in [-0.3, -0.25) is 4.90 Å². The van der Waals surface area contributed by atoms with Gasteiger partial charge in [-0.15, -0.1) is 24.8 Å². The number of halogens is 7. The van der Waals surface area contributed by atoms with Gasteiger partial charge in [0, 0.05) is 38.3 Å². The first-order valence-electron chi connectivity index (χ1n) is 6.33. The molecule has 0 bridgehead atoms. The smallest absolute Gasteiger partial charge is 0.314 e. The van der Waals surface area contributed by atoms with E-state index in [9.17, 15) is 22.0 Å². The topological polar surface area (TPSA) is 15.3 Å². The van der Waals surface area contributed by atoms with Gasteiger partial charge < -0.3 is 5.32 Å². The van der Waals surface area contributed by atoms with Crippen LogP contribution in [-0.4, -0.2) is 37.3 Å². The molecule has 1 aliphatic heterocycles. The van der Waals surface area contributed by atoms with Crippen molar-refractivity contribution in [3.63, 3.8) is 0 Å². The summed E-state index contributed by atoms with van der Waals surface area (Å²) in [6.07, 6.45) is -5.51. The van der Waals surface area contributed by atoms with Crippen molar-refractivity contribution in [1.82, 2.24) is 10.2 Å². The second-order valence-electron chi connectivity index (χ2n) is 4.82. The summed E-state index contributed by atoms with van der Waals surface area (Å²) in [5.74, 6) is -1.72. The Morgan fingerprint density at radius 3 is 1.95 bits per heavy atom. The Kier molecular flexibility index (Phi) is 8.61. The van der Waals surface area contributed by atoms with E-state index < -0.39 is 30.3 Å². The molecule has 2 rings (SSSR count). The van der Waals surface area contributed by atoms with Crippen molar-refractivity contribution in [3.8, 4) is 0 Å². The van der Waals surface area contributed by atoms with E-state index in [-0.39, 0.29) is 30.4 Å². The fourth-order valence-corrected chi connectivity index (χ4v) is 2.44. The average Bonchev–Trinajstić information content (AvgIpc) is 2.35. The zero-order valence-corrected chi connectivity index (χ0v) is 13.1. The molecule has 0 amide bonds. The van der Waals surface area contributed by atoms with Crippen LogP contribution in [-0.2, 0) is 0 Å². The fourth-order valence-electron chi connectivity index (χ4n) is 2.44. The normalized spacial score (nSPS) is 17.3. The van der Waals surface area contributed by atoms with Crippen LogP contribution in [0.15, 0.2) is 18.2 Å².